The zero-order valence-electron chi connectivity index (χ0n) is 13.4. The number of rotatable bonds is 5. The fraction of sp³-hybridized carbons (Fsp3) is 0.444. The van der Waals surface area contributed by atoms with E-state index < -0.39 is 0 Å². The molecule has 1 aromatic heterocycles. The third-order valence-electron chi connectivity index (χ3n) is 4.17. The van der Waals surface area contributed by atoms with Gasteiger partial charge in [0.05, 0.1) is 11.9 Å². The number of carbonyl (C=O) groups excluding carboxylic acids is 1. The van der Waals surface area contributed by atoms with E-state index in [1.165, 1.54) is 0 Å². The number of hydrogen-bond donors (Lipinski definition) is 1. The van der Waals surface area contributed by atoms with Gasteiger partial charge in [-0.3, -0.25) is 9.78 Å². The highest BCUT2D eigenvalue weighted by molar-refractivity contribution is 5.86. The van der Waals surface area contributed by atoms with Crippen molar-refractivity contribution in [3.8, 4) is 0 Å². The summed E-state index contributed by atoms with van der Waals surface area (Å²) in [7, 11) is 0. The number of nitrogens with one attached hydrogen (secondary N) is 1. The molecule has 21 heavy (non-hydrogen) atoms. The first-order chi connectivity index (χ1) is 10.1. The van der Waals surface area contributed by atoms with Crippen molar-refractivity contribution >= 4 is 16.8 Å². The van der Waals surface area contributed by atoms with Crippen molar-refractivity contribution < 1.29 is 4.79 Å². The Hall–Kier alpha value is -1.90. The van der Waals surface area contributed by atoms with Gasteiger partial charge in [0.15, 0.2) is 0 Å². The molecule has 3 heteroatoms. The molecule has 0 atom stereocenters. The summed E-state index contributed by atoms with van der Waals surface area (Å²) in [6.45, 7) is 8.26. The van der Waals surface area contributed by atoms with Gasteiger partial charge in [-0.15, -0.1) is 0 Å². The summed E-state index contributed by atoms with van der Waals surface area (Å²) >= 11 is 0. The van der Waals surface area contributed by atoms with Crippen LogP contribution < -0.4 is 5.32 Å². The standard InChI is InChI=1S/C18H24N2O/c1-5-14(6-2)20-18(21)11-16-12(3)15-9-7-8-10-17(15)19-13(16)4/h7-10,14H,5-6,11H2,1-4H3,(H,20,21). The van der Waals surface area contributed by atoms with Gasteiger partial charge in [-0.25, -0.2) is 0 Å². The Balaban J connectivity index is 2.28. The highest BCUT2D eigenvalue weighted by atomic mass is 16.1. The van der Waals surface area contributed by atoms with Crippen LogP contribution in [-0.4, -0.2) is 16.9 Å². The van der Waals surface area contributed by atoms with E-state index in [2.05, 4.69) is 37.1 Å². The molecule has 0 aliphatic carbocycles. The molecule has 0 bridgehead atoms. The first-order valence-corrected chi connectivity index (χ1v) is 7.71. The van der Waals surface area contributed by atoms with Gasteiger partial charge in [0.2, 0.25) is 5.91 Å². The Kier molecular flexibility index (Phi) is 4.94. The number of para-hydroxylation sites is 1. The summed E-state index contributed by atoms with van der Waals surface area (Å²) in [6.07, 6.45) is 2.35. The molecule has 2 rings (SSSR count). The largest absolute Gasteiger partial charge is 0.353 e. The van der Waals surface area contributed by atoms with Crippen LogP contribution in [0.2, 0.25) is 0 Å². The minimum Gasteiger partial charge on any atom is -0.353 e. The Labute approximate surface area is 126 Å². The fourth-order valence-corrected chi connectivity index (χ4v) is 2.76. The summed E-state index contributed by atoms with van der Waals surface area (Å²) in [5, 5.41) is 4.23. The van der Waals surface area contributed by atoms with E-state index >= 15 is 0 Å². The number of fused-ring (bicyclic) bond motifs is 1. The van der Waals surface area contributed by atoms with Gasteiger partial charge >= 0.3 is 0 Å². The zero-order chi connectivity index (χ0) is 15.4. The topological polar surface area (TPSA) is 42.0 Å². The van der Waals surface area contributed by atoms with E-state index in [-0.39, 0.29) is 11.9 Å². The van der Waals surface area contributed by atoms with E-state index in [1.54, 1.807) is 0 Å². The summed E-state index contributed by atoms with van der Waals surface area (Å²) in [6, 6.07) is 8.36. The second-order valence-electron chi connectivity index (χ2n) is 5.58. The van der Waals surface area contributed by atoms with Gasteiger partial charge in [-0.2, -0.15) is 0 Å². The van der Waals surface area contributed by atoms with Gasteiger partial charge in [-0.1, -0.05) is 32.0 Å². The van der Waals surface area contributed by atoms with Crippen LogP contribution >= 0.6 is 0 Å². The number of hydrogen-bond acceptors (Lipinski definition) is 2. The number of amides is 1. The molecular formula is C18H24N2O. The van der Waals surface area contributed by atoms with E-state index in [9.17, 15) is 4.79 Å². The van der Waals surface area contributed by atoms with Crippen molar-refractivity contribution in [2.45, 2.75) is 53.0 Å². The first-order valence-electron chi connectivity index (χ1n) is 7.71. The number of pyridine rings is 1. The van der Waals surface area contributed by atoms with E-state index in [4.69, 9.17) is 0 Å². The number of carbonyl (C=O) groups is 1. The maximum absolute atomic E-state index is 12.2. The number of aryl methyl sites for hydroxylation is 2. The molecule has 0 fully saturated rings. The van der Waals surface area contributed by atoms with Crippen molar-refractivity contribution in [1.29, 1.82) is 0 Å². The lowest BCUT2D eigenvalue weighted by atomic mass is 9.99. The number of nitrogens with zero attached hydrogens (tertiary/aromatic N) is 1. The van der Waals surface area contributed by atoms with E-state index in [0.29, 0.717) is 6.42 Å². The number of aromatic nitrogens is 1. The van der Waals surface area contributed by atoms with Crippen LogP contribution in [0, 0.1) is 13.8 Å². The van der Waals surface area contributed by atoms with E-state index in [0.717, 1.165) is 40.6 Å². The minimum atomic E-state index is 0.0898. The summed E-state index contributed by atoms with van der Waals surface area (Å²) in [5.74, 6) is 0.0898. The van der Waals surface area contributed by atoms with Crippen LogP contribution in [0.25, 0.3) is 10.9 Å². The highest BCUT2D eigenvalue weighted by Gasteiger charge is 2.14. The molecule has 1 aromatic carbocycles. The zero-order valence-corrected chi connectivity index (χ0v) is 13.4. The molecule has 112 valence electrons. The summed E-state index contributed by atoms with van der Waals surface area (Å²) in [4.78, 5) is 16.9. The van der Waals surface area contributed by atoms with Crippen LogP contribution in [0.4, 0.5) is 0 Å². The molecule has 0 aliphatic rings. The van der Waals surface area contributed by atoms with Crippen LogP contribution in [0.15, 0.2) is 24.3 Å². The number of benzene rings is 1. The Morgan fingerprint density at radius 3 is 2.52 bits per heavy atom. The average Bonchev–Trinajstić information content (AvgIpc) is 2.49. The molecule has 0 radical (unpaired) electrons. The second kappa shape index (κ2) is 6.70. The normalized spacial score (nSPS) is 11.1. The van der Waals surface area contributed by atoms with Gasteiger partial charge in [0.25, 0.3) is 0 Å². The Morgan fingerprint density at radius 1 is 1.19 bits per heavy atom. The lowest BCUT2D eigenvalue weighted by Crippen LogP contribution is -2.35. The van der Waals surface area contributed by atoms with Crippen molar-refractivity contribution in [1.82, 2.24) is 10.3 Å². The molecule has 1 N–H and O–H groups in total. The van der Waals surface area contributed by atoms with Gasteiger partial charge < -0.3 is 5.32 Å². The van der Waals surface area contributed by atoms with Gasteiger partial charge in [0.1, 0.15) is 0 Å². The molecule has 0 aliphatic heterocycles. The average molecular weight is 284 g/mol. The van der Waals surface area contributed by atoms with Crippen LogP contribution in [0.1, 0.15) is 43.5 Å². The van der Waals surface area contributed by atoms with Crippen LogP contribution in [0.5, 0.6) is 0 Å². The predicted molar refractivity (Wildman–Crippen MR) is 87.4 cm³/mol. The second-order valence-corrected chi connectivity index (χ2v) is 5.58. The molecule has 3 nitrogen and oxygen atoms in total. The monoisotopic (exact) mass is 284 g/mol. The molecule has 0 unspecified atom stereocenters. The fourth-order valence-electron chi connectivity index (χ4n) is 2.76. The summed E-state index contributed by atoms with van der Waals surface area (Å²) < 4.78 is 0. The molecule has 0 saturated carbocycles. The quantitative estimate of drug-likeness (QED) is 0.909. The third kappa shape index (κ3) is 3.41. The lowest BCUT2D eigenvalue weighted by Gasteiger charge is -2.16. The molecule has 2 aromatic rings. The molecule has 1 amide bonds. The van der Waals surface area contributed by atoms with Crippen molar-refractivity contribution in [2.75, 3.05) is 0 Å². The van der Waals surface area contributed by atoms with Crippen LogP contribution in [0.3, 0.4) is 0 Å². The lowest BCUT2D eigenvalue weighted by molar-refractivity contribution is -0.121. The van der Waals surface area contributed by atoms with Crippen molar-refractivity contribution in [3.63, 3.8) is 0 Å². The van der Waals surface area contributed by atoms with Gasteiger partial charge in [-0.05, 0) is 43.9 Å². The third-order valence-corrected chi connectivity index (χ3v) is 4.17. The predicted octanol–water partition coefficient (Wildman–Crippen LogP) is 3.70. The Morgan fingerprint density at radius 2 is 1.86 bits per heavy atom. The highest BCUT2D eigenvalue weighted by Crippen LogP contribution is 2.22. The molecule has 0 spiro atoms. The summed E-state index contributed by atoms with van der Waals surface area (Å²) in [5.41, 5.74) is 4.16. The maximum atomic E-state index is 12.2. The van der Waals surface area contributed by atoms with Crippen molar-refractivity contribution in [2.24, 2.45) is 0 Å². The maximum Gasteiger partial charge on any atom is 0.224 e. The molecule has 0 saturated heterocycles. The minimum absolute atomic E-state index is 0.0898. The smallest absolute Gasteiger partial charge is 0.224 e. The molecule has 1 heterocycles. The Bertz CT molecular complexity index is 645. The van der Waals surface area contributed by atoms with Crippen molar-refractivity contribution in [3.05, 3.63) is 41.1 Å². The first kappa shape index (κ1) is 15.5. The van der Waals surface area contributed by atoms with Gasteiger partial charge in [0, 0.05) is 17.1 Å². The van der Waals surface area contributed by atoms with Crippen LogP contribution in [-0.2, 0) is 11.2 Å². The van der Waals surface area contributed by atoms with E-state index in [1.807, 2.05) is 25.1 Å². The SMILES string of the molecule is CCC(CC)NC(=O)Cc1c(C)nc2ccccc2c1C. The molecular weight excluding hydrogens is 260 g/mol.